The molecule has 2 aromatic heterocycles. The number of allylic oxidation sites excluding steroid dienone is 4. The minimum Gasteiger partial charge on any atom is -0.491 e. The quantitative estimate of drug-likeness (QED) is 0.0310. The lowest BCUT2D eigenvalue weighted by molar-refractivity contribution is -0.116. The summed E-state index contributed by atoms with van der Waals surface area (Å²) >= 11 is 3.54. The van der Waals surface area contributed by atoms with Crippen molar-refractivity contribution in [1.82, 2.24) is 41.2 Å². The van der Waals surface area contributed by atoms with Crippen LogP contribution >= 0.6 is 15.9 Å². The number of carbonyl (C=O) groups excluding carboxylic acids is 2. The molecular weight excluding hydrogens is 1020 g/mol. The van der Waals surface area contributed by atoms with Crippen LogP contribution in [0.1, 0.15) is 73.9 Å². The van der Waals surface area contributed by atoms with Gasteiger partial charge in [0.15, 0.2) is 0 Å². The molecule has 76 heavy (non-hydrogen) atoms. The minimum atomic E-state index is -1.54. The first-order valence-electron chi connectivity index (χ1n) is 25.1. The van der Waals surface area contributed by atoms with Crippen molar-refractivity contribution in [1.29, 1.82) is 0 Å². The van der Waals surface area contributed by atoms with Crippen LogP contribution < -0.4 is 25.6 Å². The van der Waals surface area contributed by atoms with Crippen molar-refractivity contribution in [2.24, 2.45) is 0 Å². The Morgan fingerprint density at radius 2 is 1.08 bits per heavy atom. The summed E-state index contributed by atoms with van der Waals surface area (Å²) in [7, 11) is -1.54. The van der Waals surface area contributed by atoms with Crippen molar-refractivity contribution in [2.75, 3.05) is 23.8 Å². The summed E-state index contributed by atoms with van der Waals surface area (Å²) in [5.74, 6) is 2.16. The van der Waals surface area contributed by atoms with Gasteiger partial charge in [0.25, 0.3) is 0 Å². The topological polar surface area (TPSA) is 226 Å². The molecule has 0 radical (unpaired) electrons. The zero-order chi connectivity index (χ0) is 54.2. The molecule has 8 rings (SSSR count). The maximum Gasteiger partial charge on any atom is 0.489 e. The number of hydrogen-bond acceptors (Lipinski definition) is 12. The average Bonchev–Trinajstić information content (AvgIpc) is 4.18. The van der Waals surface area contributed by atoms with Gasteiger partial charge in [0.05, 0.1) is 37.4 Å². The number of H-pyrrole nitrogens is 2. The molecule has 0 fully saturated rings. The van der Waals surface area contributed by atoms with Gasteiger partial charge in [-0.1, -0.05) is 162 Å². The van der Waals surface area contributed by atoms with Gasteiger partial charge in [-0.25, -0.2) is 0 Å². The zero-order valence-electron chi connectivity index (χ0n) is 43.7. The Labute approximate surface area is 452 Å². The number of rotatable bonds is 20. The molecule has 18 heteroatoms. The van der Waals surface area contributed by atoms with Crippen LogP contribution in [0.3, 0.4) is 0 Å². The standard InChI is InChI=1S/C29H31N5O2.C22H26BrNO2.C7H7BN4O2/c1-4-6-9-22-18-23(24-10-7-8-11-25(24)29-31-33-34-32-29)19-26(28(22)36-16-5-2)30-27(35)17-21-14-12-20(3)13-15-21;1-4-6-7-18-14-19(23)15-20(22(18)26-12-5-2)24-21(25)13-17-10-8-16(3)9-11-17;13-8(14)6-4-2-1-3-5(6)7-9-11-12-10-7/h4,6-8,10-15,18-19H,5,9,16-17H2,1-3H3,(H,30,35)(H,31,32,33,34);4,6,8-11,14-15H,5,7,12-13H2,1-3H3,(H,24,25);1-4,13-14H,(H,9,10,11,12)/b2*6-4+;. The number of aromatic amines is 2. The van der Waals surface area contributed by atoms with Gasteiger partial charge in [0, 0.05) is 26.7 Å². The highest BCUT2D eigenvalue weighted by atomic mass is 79.9. The minimum absolute atomic E-state index is 0.0507. The highest BCUT2D eigenvalue weighted by Gasteiger charge is 2.20. The molecule has 2 heterocycles. The number of amides is 2. The summed E-state index contributed by atoms with van der Waals surface area (Å²) in [6.07, 6.45) is 12.0. The molecule has 0 spiro atoms. The van der Waals surface area contributed by atoms with Crippen molar-refractivity contribution < 1.29 is 29.1 Å². The normalized spacial score (nSPS) is 10.9. The van der Waals surface area contributed by atoms with Crippen molar-refractivity contribution >= 4 is 51.7 Å². The summed E-state index contributed by atoms with van der Waals surface area (Å²) in [6.45, 7) is 13.4. The molecule has 0 aliphatic heterocycles. The third-order valence-corrected chi connectivity index (χ3v) is 12.0. The van der Waals surface area contributed by atoms with Crippen LogP contribution in [0.4, 0.5) is 11.4 Å². The molecule has 0 saturated heterocycles. The van der Waals surface area contributed by atoms with E-state index >= 15 is 0 Å². The van der Waals surface area contributed by atoms with Gasteiger partial charge in [0.2, 0.25) is 23.5 Å². The SMILES string of the molecule is C/C=C/Cc1cc(-c2ccccc2-c2nn[nH]n2)cc(NC(=O)Cc2ccc(C)cc2)c1OCCC.C/C=C/Cc1cc(Br)cc(NC(=O)Cc2ccc(C)cc2)c1OCCC.OB(O)c1ccccc1-c1nn[nH]n1. The van der Waals surface area contributed by atoms with Crippen molar-refractivity contribution in [2.45, 2.75) is 80.1 Å². The van der Waals surface area contributed by atoms with Crippen LogP contribution in [-0.4, -0.2) is 83.4 Å². The number of ether oxygens (including phenoxy) is 2. The summed E-state index contributed by atoms with van der Waals surface area (Å²) in [5.41, 5.74) is 11.3. The maximum absolute atomic E-state index is 13.1. The summed E-state index contributed by atoms with van der Waals surface area (Å²) in [6, 6.07) is 38.7. The molecule has 8 aromatic rings. The van der Waals surface area contributed by atoms with E-state index in [2.05, 4.69) is 99.9 Å². The van der Waals surface area contributed by atoms with Gasteiger partial charge in [-0.3, -0.25) is 9.59 Å². The lowest BCUT2D eigenvalue weighted by Gasteiger charge is -2.19. The van der Waals surface area contributed by atoms with Crippen molar-refractivity contribution in [3.63, 3.8) is 0 Å². The molecule has 392 valence electrons. The number of halogens is 1. The second kappa shape index (κ2) is 29.7. The number of aryl methyl sites for hydroxylation is 2. The molecule has 0 bridgehead atoms. The van der Waals surface area contributed by atoms with Crippen LogP contribution in [0.15, 0.2) is 150 Å². The van der Waals surface area contributed by atoms with E-state index in [9.17, 15) is 9.59 Å². The van der Waals surface area contributed by atoms with E-state index in [4.69, 9.17) is 19.5 Å². The monoisotopic (exact) mass is 1090 g/mol. The molecule has 0 aliphatic carbocycles. The fourth-order valence-corrected chi connectivity index (χ4v) is 8.31. The number of aromatic nitrogens is 8. The number of anilines is 2. The highest BCUT2D eigenvalue weighted by molar-refractivity contribution is 9.10. The first kappa shape index (κ1) is 57.2. The maximum atomic E-state index is 13.1. The molecule has 0 atom stereocenters. The second-order valence-corrected chi connectivity index (χ2v) is 18.5. The third-order valence-electron chi connectivity index (χ3n) is 11.5. The number of carbonyl (C=O) groups is 2. The van der Waals surface area contributed by atoms with Crippen LogP contribution in [-0.2, 0) is 35.3 Å². The molecule has 2 amide bonds. The molecule has 0 aliphatic rings. The molecule has 16 nitrogen and oxygen atoms in total. The molecule has 0 unspecified atom stereocenters. The summed E-state index contributed by atoms with van der Waals surface area (Å²) in [5, 5.41) is 52.1. The second-order valence-electron chi connectivity index (χ2n) is 17.6. The number of nitrogens with zero attached hydrogens (tertiary/aromatic N) is 6. The Bertz CT molecular complexity index is 3150. The van der Waals surface area contributed by atoms with Crippen molar-refractivity contribution in [3.8, 4) is 45.4 Å². The first-order valence-corrected chi connectivity index (χ1v) is 25.9. The van der Waals surface area contributed by atoms with Crippen LogP contribution in [0.2, 0.25) is 0 Å². The molecule has 6 aromatic carbocycles. The van der Waals surface area contributed by atoms with Crippen molar-refractivity contribution in [3.05, 3.63) is 183 Å². The van der Waals surface area contributed by atoms with Gasteiger partial charge in [-0.05, 0) is 116 Å². The molecule has 6 N–H and O–H groups in total. The lowest BCUT2D eigenvalue weighted by atomic mass is 9.77. The smallest absolute Gasteiger partial charge is 0.489 e. The van der Waals surface area contributed by atoms with E-state index in [1.165, 1.54) is 5.56 Å². The third kappa shape index (κ3) is 17.0. The van der Waals surface area contributed by atoms with E-state index in [1.807, 2.05) is 131 Å². The number of hydrogen-bond donors (Lipinski definition) is 6. The Hall–Kier alpha value is -8.06. The van der Waals surface area contributed by atoms with E-state index in [0.717, 1.165) is 74.0 Å². The number of nitrogens with one attached hydrogen (secondary N) is 4. The largest absolute Gasteiger partial charge is 0.491 e. The predicted octanol–water partition coefficient (Wildman–Crippen LogP) is 10.3. The Kier molecular flexibility index (Phi) is 22.4. The lowest BCUT2D eigenvalue weighted by Crippen LogP contribution is -2.31. The van der Waals surface area contributed by atoms with E-state index < -0.39 is 7.12 Å². The van der Waals surface area contributed by atoms with Crippen LogP contribution in [0.5, 0.6) is 11.5 Å². The summed E-state index contributed by atoms with van der Waals surface area (Å²) in [4.78, 5) is 25.6. The Morgan fingerprint density at radius 1 is 0.618 bits per heavy atom. The first-order chi connectivity index (χ1) is 36.9. The van der Waals surface area contributed by atoms with E-state index in [-0.39, 0.29) is 18.2 Å². The van der Waals surface area contributed by atoms with Gasteiger partial charge in [-0.15, -0.1) is 20.4 Å². The number of benzene rings is 6. The molecular formula is C58H64BBrN10O6. The fourth-order valence-electron chi connectivity index (χ4n) is 7.80. The van der Waals surface area contributed by atoms with Gasteiger partial charge >= 0.3 is 7.12 Å². The van der Waals surface area contributed by atoms with Crippen LogP contribution in [0, 0.1) is 13.8 Å². The van der Waals surface area contributed by atoms with E-state index in [0.29, 0.717) is 65.9 Å². The highest BCUT2D eigenvalue weighted by Crippen LogP contribution is 2.39. The van der Waals surface area contributed by atoms with E-state index in [1.54, 1.807) is 24.3 Å². The van der Waals surface area contributed by atoms with Gasteiger partial charge in [-0.2, -0.15) is 10.4 Å². The molecule has 0 saturated carbocycles. The van der Waals surface area contributed by atoms with Crippen LogP contribution in [0.25, 0.3) is 33.9 Å². The average molecular weight is 1090 g/mol. The zero-order valence-corrected chi connectivity index (χ0v) is 45.3. The fraction of sp³-hybridized carbons (Fsp3) is 0.241. The Morgan fingerprint density at radius 3 is 1.55 bits per heavy atom. The number of tetrazole rings is 2. The predicted molar refractivity (Wildman–Crippen MR) is 304 cm³/mol. The van der Waals surface area contributed by atoms with Gasteiger partial charge < -0.3 is 30.2 Å². The summed E-state index contributed by atoms with van der Waals surface area (Å²) < 4.78 is 13.1. The Balaban J connectivity index is 0.000000203. The van der Waals surface area contributed by atoms with Gasteiger partial charge in [0.1, 0.15) is 11.5 Å².